The van der Waals surface area contributed by atoms with Gasteiger partial charge in [-0.2, -0.15) is 0 Å². The maximum absolute atomic E-state index is 12.8. The van der Waals surface area contributed by atoms with Gasteiger partial charge in [0, 0.05) is 17.0 Å². The van der Waals surface area contributed by atoms with E-state index >= 15 is 0 Å². The van der Waals surface area contributed by atoms with Gasteiger partial charge < -0.3 is 4.90 Å². The van der Waals surface area contributed by atoms with Crippen LogP contribution in [0.15, 0.2) is 30.5 Å². The van der Waals surface area contributed by atoms with Crippen molar-refractivity contribution in [3.8, 4) is 0 Å². The lowest BCUT2D eigenvalue weighted by Gasteiger charge is -2.34. The highest BCUT2D eigenvalue weighted by molar-refractivity contribution is 5.82. The predicted molar refractivity (Wildman–Crippen MR) is 83.5 cm³/mol. The fourth-order valence-electron chi connectivity index (χ4n) is 3.50. The van der Waals surface area contributed by atoms with E-state index in [2.05, 4.69) is 0 Å². The summed E-state index contributed by atoms with van der Waals surface area (Å²) in [6.45, 7) is -0.250. The SMILES string of the molecule is O=C(C1CCCCC1)N1C=Cc2ccccc2[C@H]1C[N+](=O)[O-]. The maximum atomic E-state index is 12.8. The standard InChI is InChI=1S/C17H20N2O3/c20-17(14-7-2-1-3-8-14)18-11-10-13-6-4-5-9-15(13)16(18)12-19(21)22/h4-6,9-11,14,16H,1-3,7-8,12H2/t16-/m1/s1. The van der Waals surface area contributed by atoms with E-state index in [1.54, 1.807) is 11.1 Å². The number of hydrogen-bond donors (Lipinski definition) is 0. The summed E-state index contributed by atoms with van der Waals surface area (Å²) in [5.41, 5.74) is 1.83. The molecule has 22 heavy (non-hydrogen) atoms. The normalized spacial score (nSPS) is 21.5. The third kappa shape index (κ3) is 2.89. The molecule has 1 fully saturated rings. The van der Waals surface area contributed by atoms with Crippen LogP contribution < -0.4 is 0 Å². The van der Waals surface area contributed by atoms with Gasteiger partial charge in [-0.05, 0) is 30.0 Å². The van der Waals surface area contributed by atoms with E-state index in [1.807, 2.05) is 30.3 Å². The summed E-state index contributed by atoms with van der Waals surface area (Å²) in [7, 11) is 0. The summed E-state index contributed by atoms with van der Waals surface area (Å²) in [6, 6.07) is 7.10. The highest BCUT2D eigenvalue weighted by Gasteiger charge is 2.35. The topological polar surface area (TPSA) is 63.5 Å². The molecule has 1 aromatic rings. The van der Waals surface area contributed by atoms with E-state index in [9.17, 15) is 14.9 Å². The van der Waals surface area contributed by atoms with Crippen LogP contribution in [0, 0.1) is 16.0 Å². The van der Waals surface area contributed by atoms with Gasteiger partial charge >= 0.3 is 0 Å². The van der Waals surface area contributed by atoms with E-state index < -0.39 is 6.04 Å². The Labute approximate surface area is 129 Å². The molecule has 1 aliphatic heterocycles. The lowest BCUT2D eigenvalue weighted by Crippen LogP contribution is -2.40. The zero-order valence-electron chi connectivity index (χ0n) is 12.5. The average molecular weight is 300 g/mol. The van der Waals surface area contributed by atoms with Crippen LogP contribution in [0.2, 0.25) is 0 Å². The first-order valence-corrected chi connectivity index (χ1v) is 7.88. The van der Waals surface area contributed by atoms with Crippen molar-refractivity contribution in [2.75, 3.05) is 6.54 Å². The van der Waals surface area contributed by atoms with Crippen LogP contribution in [0.25, 0.3) is 6.08 Å². The molecule has 0 spiro atoms. The molecule has 0 bridgehead atoms. The molecule has 1 aromatic carbocycles. The van der Waals surface area contributed by atoms with Crippen molar-refractivity contribution < 1.29 is 9.72 Å². The van der Waals surface area contributed by atoms with E-state index in [0.29, 0.717) is 0 Å². The number of fused-ring (bicyclic) bond motifs is 1. The van der Waals surface area contributed by atoms with Gasteiger partial charge in [0.2, 0.25) is 12.5 Å². The minimum atomic E-state index is -0.495. The van der Waals surface area contributed by atoms with E-state index in [-0.39, 0.29) is 23.3 Å². The lowest BCUT2D eigenvalue weighted by molar-refractivity contribution is -0.486. The average Bonchev–Trinajstić information content (AvgIpc) is 2.55. The number of benzene rings is 1. The number of nitrogens with zero attached hydrogens (tertiary/aromatic N) is 2. The quantitative estimate of drug-likeness (QED) is 0.635. The molecule has 1 amide bonds. The molecular weight excluding hydrogens is 280 g/mol. The Kier molecular flexibility index (Phi) is 4.22. The molecule has 1 aliphatic carbocycles. The third-order valence-corrected chi connectivity index (χ3v) is 4.64. The van der Waals surface area contributed by atoms with E-state index in [0.717, 1.165) is 36.8 Å². The van der Waals surface area contributed by atoms with Crippen molar-refractivity contribution in [1.82, 2.24) is 4.90 Å². The van der Waals surface area contributed by atoms with Crippen LogP contribution in [0.5, 0.6) is 0 Å². The molecule has 0 unspecified atom stereocenters. The molecule has 0 N–H and O–H groups in total. The van der Waals surface area contributed by atoms with Gasteiger partial charge in [0.1, 0.15) is 6.04 Å². The first-order chi connectivity index (χ1) is 10.7. The molecule has 3 rings (SSSR count). The Balaban J connectivity index is 1.89. The highest BCUT2D eigenvalue weighted by Crippen LogP contribution is 2.34. The molecule has 0 aromatic heterocycles. The van der Waals surface area contributed by atoms with Crippen molar-refractivity contribution in [3.63, 3.8) is 0 Å². The van der Waals surface area contributed by atoms with E-state index in [1.165, 1.54) is 6.42 Å². The summed E-state index contributed by atoms with van der Waals surface area (Å²) in [5, 5.41) is 11.1. The molecule has 1 heterocycles. The molecule has 0 radical (unpaired) electrons. The fourth-order valence-corrected chi connectivity index (χ4v) is 3.50. The second-order valence-corrected chi connectivity index (χ2v) is 6.06. The third-order valence-electron chi connectivity index (χ3n) is 4.64. The van der Waals surface area contributed by atoms with Crippen molar-refractivity contribution in [2.45, 2.75) is 38.1 Å². The van der Waals surface area contributed by atoms with Crippen LogP contribution >= 0.6 is 0 Å². The Hall–Kier alpha value is -2.17. The van der Waals surface area contributed by atoms with Crippen molar-refractivity contribution in [2.24, 2.45) is 5.92 Å². The molecule has 0 saturated heterocycles. The van der Waals surface area contributed by atoms with Crippen LogP contribution in [0.3, 0.4) is 0 Å². The predicted octanol–water partition coefficient (Wildman–Crippen LogP) is 3.40. The highest BCUT2D eigenvalue weighted by atomic mass is 16.6. The van der Waals surface area contributed by atoms with Crippen molar-refractivity contribution >= 4 is 12.0 Å². The Morgan fingerprint density at radius 3 is 2.68 bits per heavy atom. The van der Waals surface area contributed by atoms with Crippen LogP contribution in [0.1, 0.15) is 49.3 Å². The number of carbonyl (C=O) groups is 1. The van der Waals surface area contributed by atoms with Gasteiger partial charge in [-0.15, -0.1) is 0 Å². The van der Waals surface area contributed by atoms with Gasteiger partial charge in [-0.25, -0.2) is 0 Å². The van der Waals surface area contributed by atoms with Gasteiger partial charge in [0.25, 0.3) is 0 Å². The van der Waals surface area contributed by atoms with Gasteiger partial charge in [0.15, 0.2) is 0 Å². The summed E-state index contributed by atoms with van der Waals surface area (Å²) in [6.07, 6.45) is 8.74. The smallest absolute Gasteiger partial charge is 0.230 e. The molecule has 2 aliphatic rings. The second-order valence-electron chi connectivity index (χ2n) is 6.06. The van der Waals surface area contributed by atoms with Gasteiger partial charge in [-0.1, -0.05) is 43.5 Å². The molecular formula is C17H20N2O3. The van der Waals surface area contributed by atoms with E-state index in [4.69, 9.17) is 0 Å². The maximum Gasteiger partial charge on any atom is 0.230 e. The Morgan fingerprint density at radius 1 is 1.23 bits per heavy atom. The molecule has 116 valence electrons. The molecule has 5 nitrogen and oxygen atoms in total. The summed E-state index contributed by atoms with van der Waals surface area (Å²) in [4.78, 5) is 25.1. The minimum absolute atomic E-state index is 0.0120. The second kappa shape index (κ2) is 6.30. The van der Waals surface area contributed by atoms with Crippen molar-refractivity contribution in [3.05, 3.63) is 51.7 Å². The summed E-state index contributed by atoms with van der Waals surface area (Å²) in [5.74, 6) is 0.0511. The zero-order valence-corrected chi connectivity index (χ0v) is 12.5. The largest absolute Gasteiger partial charge is 0.305 e. The number of carbonyl (C=O) groups excluding carboxylic acids is 1. The Morgan fingerprint density at radius 2 is 1.95 bits per heavy atom. The molecule has 5 heteroatoms. The molecule has 1 atom stereocenters. The monoisotopic (exact) mass is 300 g/mol. The molecule has 1 saturated carbocycles. The van der Waals surface area contributed by atoms with Gasteiger partial charge in [0.05, 0.1) is 0 Å². The first-order valence-electron chi connectivity index (χ1n) is 7.88. The van der Waals surface area contributed by atoms with Crippen molar-refractivity contribution in [1.29, 1.82) is 0 Å². The number of rotatable bonds is 3. The first kappa shape index (κ1) is 14.8. The van der Waals surface area contributed by atoms with Crippen LogP contribution in [0.4, 0.5) is 0 Å². The number of amides is 1. The van der Waals surface area contributed by atoms with Crippen LogP contribution in [-0.2, 0) is 4.79 Å². The number of nitro groups is 1. The lowest BCUT2D eigenvalue weighted by atomic mass is 9.87. The van der Waals surface area contributed by atoms with Crippen LogP contribution in [-0.4, -0.2) is 22.3 Å². The zero-order chi connectivity index (χ0) is 15.5. The summed E-state index contributed by atoms with van der Waals surface area (Å²) < 4.78 is 0. The Bertz CT molecular complexity index is 606. The summed E-state index contributed by atoms with van der Waals surface area (Å²) >= 11 is 0. The number of hydrogen-bond acceptors (Lipinski definition) is 3. The fraction of sp³-hybridized carbons (Fsp3) is 0.471. The minimum Gasteiger partial charge on any atom is -0.305 e. The van der Waals surface area contributed by atoms with Gasteiger partial charge in [-0.3, -0.25) is 14.9 Å².